The Balaban J connectivity index is 2.20. The summed E-state index contributed by atoms with van der Waals surface area (Å²) < 4.78 is 0. The number of anilines is 1. The smallest absolute Gasteiger partial charge is 0.179 e. The number of rotatable bonds is 0. The van der Waals surface area contributed by atoms with Crippen LogP contribution in [0.4, 0.5) is 11.5 Å². The van der Waals surface area contributed by atoms with Crippen molar-refractivity contribution in [2.45, 2.75) is 0 Å². The molecule has 0 aromatic carbocycles. The third-order valence-electron chi connectivity index (χ3n) is 1.96. The zero-order valence-electron chi connectivity index (χ0n) is 6.68. The van der Waals surface area contributed by atoms with Gasteiger partial charge in [-0.15, -0.1) is 0 Å². The molecule has 13 heavy (non-hydrogen) atoms. The molecule has 1 N–H and O–H groups in total. The van der Waals surface area contributed by atoms with Crippen molar-refractivity contribution in [2.75, 3.05) is 11.6 Å². The Morgan fingerprint density at radius 2 is 2.46 bits per heavy atom. The molecule has 1 aromatic rings. The van der Waals surface area contributed by atoms with Crippen molar-refractivity contribution in [2.24, 2.45) is 10.1 Å². The van der Waals surface area contributed by atoms with Gasteiger partial charge in [0.25, 0.3) is 0 Å². The first-order valence-corrected chi connectivity index (χ1v) is 3.87. The second-order valence-corrected chi connectivity index (χ2v) is 2.70. The molecule has 0 fully saturated rings. The molecule has 1 aromatic heterocycles. The summed E-state index contributed by atoms with van der Waals surface area (Å²) in [5.41, 5.74) is 3.77. The maximum atomic E-state index is 4.15. The third-order valence-corrected chi connectivity index (χ3v) is 1.96. The lowest BCUT2D eigenvalue weighted by Crippen LogP contribution is -2.32. The van der Waals surface area contributed by atoms with E-state index in [9.17, 15) is 0 Å². The molecule has 6 nitrogen and oxygen atoms in total. The highest BCUT2D eigenvalue weighted by Gasteiger charge is 2.23. The summed E-state index contributed by atoms with van der Waals surface area (Å²) in [6, 6.07) is 0. The topological polar surface area (TPSA) is 65.8 Å². The van der Waals surface area contributed by atoms with E-state index in [-0.39, 0.29) is 0 Å². The van der Waals surface area contributed by atoms with Crippen LogP contribution >= 0.6 is 0 Å². The van der Waals surface area contributed by atoms with Crippen LogP contribution in [0.5, 0.6) is 0 Å². The van der Waals surface area contributed by atoms with Gasteiger partial charge in [0.05, 0.1) is 12.4 Å². The number of nitrogens with one attached hydrogen (secondary N) is 1. The zero-order chi connectivity index (χ0) is 8.67. The van der Waals surface area contributed by atoms with Crippen molar-refractivity contribution in [3.05, 3.63) is 12.5 Å². The summed E-state index contributed by atoms with van der Waals surface area (Å²) >= 11 is 0. The summed E-state index contributed by atoms with van der Waals surface area (Å²) in [5.74, 6) is 1.50. The van der Waals surface area contributed by atoms with E-state index in [0.29, 0.717) is 12.5 Å². The van der Waals surface area contributed by atoms with Crippen molar-refractivity contribution >= 4 is 23.6 Å². The van der Waals surface area contributed by atoms with Crippen LogP contribution in [0.25, 0.3) is 0 Å². The van der Waals surface area contributed by atoms with Gasteiger partial charge < -0.3 is 0 Å². The van der Waals surface area contributed by atoms with Crippen molar-refractivity contribution in [1.82, 2.24) is 15.4 Å². The van der Waals surface area contributed by atoms with Gasteiger partial charge in [-0.25, -0.2) is 15.0 Å². The highest BCUT2D eigenvalue weighted by atomic mass is 15.5. The minimum atomic E-state index is 0.654. The lowest BCUT2D eigenvalue weighted by Gasteiger charge is -2.20. The molecule has 0 atom stereocenters. The molecular weight excluding hydrogens is 168 g/mol. The number of aliphatic imine (C=N–C) groups is 1. The van der Waals surface area contributed by atoms with E-state index >= 15 is 0 Å². The summed E-state index contributed by atoms with van der Waals surface area (Å²) in [6.45, 7) is 0.654. The van der Waals surface area contributed by atoms with Crippen molar-refractivity contribution in [3.63, 3.8) is 0 Å². The number of nitrogens with zero attached hydrogens (tertiary/aromatic N) is 5. The Morgan fingerprint density at radius 3 is 3.46 bits per heavy atom. The first-order valence-electron chi connectivity index (χ1n) is 3.87. The van der Waals surface area contributed by atoms with E-state index in [4.69, 9.17) is 0 Å². The summed E-state index contributed by atoms with van der Waals surface area (Å²) in [6.07, 6.45) is 4.92. The van der Waals surface area contributed by atoms with Gasteiger partial charge in [0.2, 0.25) is 0 Å². The molecule has 64 valence electrons. The van der Waals surface area contributed by atoms with E-state index in [1.54, 1.807) is 12.4 Å². The SMILES string of the molecule is C1=Nc2ncncc2N2CNN=C12. The van der Waals surface area contributed by atoms with Gasteiger partial charge in [-0.1, -0.05) is 0 Å². The van der Waals surface area contributed by atoms with Crippen LogP contribution in [-0.4, -0.2) is 28.7 Å². The van der Waals surface area contributed by atoms with Gasteiger partial charge in [-0.05, 0) is 0 Å². The molecule has 0 spiro atoms. The molecule has 0 saturated carbocycles. The van der Waals surface area contributed by atoms with Crippen LogP contribution in [0.15, 0.2) is 22.6 Å². The number of hydrazone groups is 1. The fourth-order valence-electron chi connectivity index (χ4n) is 1.36. The highest BCUT2D eigenvalue weighted by molar-refractivity contribution is 6.38. The maximum absolute atomic E-state index is 4.15. The molecule has 0 aliphatic carbocycles. The fraction of sp³-hybridized carbons (Fsp3) is 0.143. The molecular formula is C7H6N6. The molecule has 0 amide bonds. The molecule has 3 rings (SSSR count). The first-order chi connectivity index (χ1) is 6.45. The lowest BCUT2D eigenvalue weighted by molar-refractivity contribution is 0.805. The predicted molar refractivity (Wildman–Crippen MR) is 48.1 cm³/mol. The van der Waals surface area contributed by atoms with Gasteiger partial charge in [0.1, 0.15) is 18.7 Å². The maximum Gasteiger partial charge on any atom is 0.179 e. The van der Waals surface area contributed by atoms with Crippen molar-refractivity contribution in [1.29, 1.82) is 0 Å². The number of fused-ring (bicyclic) bond motifs is 3. The van der Waals surface area contributed by atoms with E-state index < -0.39 is 0 Å². The summed E-state index contributed by atoms with van der Waals surface area (Å²) in [4.78, 5) is 14.1. The molecule has 2 aliphatic heterocycles. The minimum absolute atomic E-state index is 0.654. The molecule has 0 radical (unpaired) electrons. The van der Waals surface area contributed by atoms with E-state index in [1.165, 1.54) is 6.33 Å². The standard InChI is InChI=1S/C7H6N6/c1-5-7(10-3-8-1)9-2-6-12-11-4-13(5)6/h1-3,11H,4H2. The largest absolute Gasteiger partial charge is 0.299 e. The summed E-state index contributed by atoms with van der Waals surface area (Å²) in [7, 11) is 0. The normalized spacial score (nSPS) is 17.5. The zero-order valence-corrected chi connectivity index (χ0v) is 6.68. The Kier molecular flexibility index (Phi) is 1.13. The van der Waals surface area contributed by atoms with Crippen molar-refractivity contribution in [3.8, 4) is 0 Å². The minimum Gasteiger partial charge on any atom is -0.299 e. The first kappa shape index (κ1) is 6.53. The van der Waals surface area contributed by atoms with Crippen LogP contribution in [0.3, 0.4) is 0 Å². The molecule has 3 heterocycles. The van der Waals surface area contributed by atoms with Gasteiger partial charge in [0.15, 0.2) is 11.7 Å². The van der Waals surface area contributed by atoms with Crippen molar-refractivity contribution < 1.29 is 0 Å². The van der Waals surface area contributed by atoms with Gasteiger partial charge in [-0.2, -0.15) is 5.10 Å². The van der Waals surface area contributed by atoms with Crippen LogP contribution in [-0.2, 0) is 0 Å². The molecule has 0 bridgehead atoms. The van der Waals surface area contributed by atoms with Gasteiger partial charge >= 0.3 is 0 Å². The molecule has 0 unspecified atom stereocenters. The monoisotopic (exact) mass is 174 g/mol. The van der Waals surface area contributed by atoms with Crippen LogP contribution in [0, 0.1) is 0 Å². The number of hydrogen-bond acceptors (Lipinski definition) is 6. The Hall–Kier alpha value is -1.98. The average molecular weight is 174 g/mol. The number of aromatic nitrogens is 2. The van der Waals surface area contributed by atoms with Crippen LogP contribution in [0.2, 0.25) is 0 Å². The molecule has 0 saturated heterocycles. The van der Waals surface area contributed by atoms with Gasteiger partial charge in [-0.3, -0.25) is 10.3 Å². The molecule has 6 heteroatoms. The quantitative estimate of drug-likeness (QED) is 0.595. The summed E-state index contributed by atoms with van der Waals surface area (Å²) in [5, 5.41) is 4.04. The Morgan fingerprint density at radius 1 is 1.46 bits per heavy atom. The highest BCUT2D eigenvalue weighted by Crippen LogP contribution is 2.28. The van der Waals surface area contributed by atoms with E-state index in [0.717, 1.165) is 11.5 Å². The lowest BCUT2D eigenvalue weighted by atomic mass is 10.3. The average Bonchev–Trinajstić information content (AvgIpc) is 2.65. The van der Waals surface area contributed by atoms with E-state index in [2.05, 4.69) is 25.5 Å². The van der Waals surface area contributed by atoms with Crippen LogP contribution in [0.1, 0.15) is 0 Å². The number of amidine groups is 1. The van der Waals surface area contributed by atoms with Crippen LogP contribution < -0.4 is 10.3 Å². The van der Waals surface area contributed by atoms with Gasteiger partial charge in [0, 0.05) is 0 Å². The van der Waals surface area contributed by atoms with E-state index in [1.807, 2.05) is 4.90 Å². The second kappa shape index (κ2) is 2.25. The molecule has 2 aliphatic rings. The Labute approximate surface area is 74.0 Å². The second-order valence-electron chi connectivity index (χ2n) is 2.70. The Bertz CT molecular complexity index is 409. The number of hydrogen-bond donors (Lipinski definition) is 1. The third kappa shape index (κ3) is 0.821. The predicted octanol–water partition coefficient (Wildman–Crippen LogP) is -0.127. The fourth-order valence-corrected chi connectivity index (χ4v) is 1.36.